The highest BCUT2D eigenvalue weighted by Crippen LogP contribution is 2.32. The molecule has 0 atom stereocenters. The molecule has 0 spiro atoms. The average molecular weight is 245 g/mol. The Kier molecular flexibility index (Phi) is 2.67. The lowest BCUT2D eigenvalue weighted by molar-refractivity contribution is 0.0716. The molecule has 0 aliphatic carbocycles. The van der Waals surface area contributed by atoms with E-state index in [1.165, 1.54) is 19.2 Å². The van der Waals surface area contributed by atoms with Gasteiger partial charge in [-0.3, -0.25) is 4.79 Å². The summed E-state index contributed by atoms with van der Waals surface area (Å²) in [6.07, 6.45) is 0. The van der Waals surface area contributed by atoms with E-state index >= 15 is 0 Å². The van der Waals surface area contributed by atoms with Gasteiger partial charge in [-0.25, -0.2) is 4.79 Å². The average Bonchev–Trinajstić information content (AvgIpc) is 2.62. The quantitative estimate of drug-likeness (QED) is 0.614. The molecule has 0 saturated carbocycles. The summed E-state index contributed by atoms with van der Waals surface area (Å²) in [5.41, 5.74) is 1.12. The minimum absolute atomic E-state index is 0.162. The van der Waals surface area contributed by atoms with Crippen LogP contribution in [0.25, 0.3) is 11.5 Å². The molecule has 92 valence electrons. The number of esters is 1. The van der Waals surface area contributed by atoms with Crippen LogP contribution in [0.2, 0.25) is 0 Å². The van der Waals surface area contributed by atoms with E-state index in [9.17, 15) is 14.7 Å². The molecule has 5 heteroatoms. The molecule has 1 aliphatic heterocycles. The van der Waals surface area contributed by atoms with Crippen LogP contribution in [0.3, 0.4) is 0 Å². The number of cyclic esters (lactones) is 1. The van der Waals surface area contributed by atoms with Crippen molar-refractivity contribution in [2.75, 3.05) is 7.05 Å². The number of nitrogens with one attached hydrogen (secondary N) is 1. The van der Waals surface area contributed by atoms with Crippen LogP contribution in [-0.2, 0) is 4.74 Å². The van der Waals surface area contributed by atoms with E-state index in [4.69, 9.17) is 4.74 Å². The SMILES string of the molecule is C=C(O)c1cc2c(cc1C(=O)NC)C(=O)OC2=C. The zero-order valence-corrected chi connectivity index (χ0v) is 9.74. The number of aliphatic hydroxyl groups is 1. The van der Waals surface area contributed by atoms with Crippen molar-refractivity contribution in [3.8, 4) is 0 Å². The number of aliphatic hydroxyl groups excluding tert-OH is 1. The second kappa shape index (κ2) is 4.03. The maximum Gasteiger partial charge on any atom is 0.344 e. The standard InChI is InChI=1S/C13H11NO4/c1-6(15)8-4-9-7(2)18-13(17)11(9)5-10(8)12(16)14-3/h4-5,15H,1-2H2,3H3,(H,14,16). The number of rotatable bonds is 2. The fourth-order valence-corrected chi connectivity index (χ4v) is 1.78. The summed E-state index contributed by atoms with van der Waals surface area (Å²) in [7, 11) is 1.46. The Bertz CT molecular complexity index is 601. The molecule has 1 amide bonds. The Morgan fingerprint density at radius 3 is 2.50 bits per heavy atom. The van der Waals surface area contributed by atoms with Crippen molar-refractivity contribution in [1.82, 2.24) is 5.32 Å². The first-order chi connectivity index (χ1) is 8.45. The van der Waals surface area contributed by atoms with Crippen molar-refractivity contribution < 1.29 is 19.4 Å². The number of carbonyl (C=O) groups excluding carboxylic acids is 2. The topological polar surface area (TPSA) is 75.6 Å². The Labute approximate surface area is 103 Å². The first-order valence-electron chi connectivity index (χ1n) is 5.15. The van der Waals surface area contributed by atoms with E-state index < -0.39 is 11.9 Å². The third-order valence-electron chi connectivity index (χ3n) is 2.68. The van der Waals surface area contributed by atoms with Gasteiger partial charge in [0.25, 0.3) is 5.91 Å². The normalized spacial score (nSPS) is 12.9. The molecule has 1 aliphatic rings. The maximum atomic E-state index is 11.7. The molecule has 0 aromatic heterocycles. The van der Waals surface area contributed by atoms with Gasteiger partial charge < -0.3 is 15.2 Å². The van der Waals surface area contributed by atoms with E-state index in [1.54, 1.807) is 0 Å². The summed E-state index contributed by atoms with van der Waals surface area (Å²) in [6, 6.07) is 2.83. The predicted octanol–water partition coefficient (Wildman–Crippen LogP) is 1.72. The molecule has 2 rings (SSSR count). The zero-order valence-electron chi connectivity index (χ0n) is 9.74. The van der Waals surface area contributed by atoms with Crippen molar-refractivity contribution >= 4 is 23.4 Å². The van der Waals surface area contributed by atoms with Gasteiger partial charge in [0.2, 0.25) is 0 Å². The summed E-state index contributed by atoms with van der Waals surface area (Å²) < 4.78 is 4.86. The summed E-state index contributed by atoms with van der Waals surface area (Å²) in [5.74, 6) is -1.05. The Morgan fingerprint density at radius 2 is 1.94 bits per heavy atom. The Morgan fingerprint density at radius 1 is 1.33 bits per heavy atom. The lowest BCUT2D eigenvalue weighted by Gasteiger charge is -2.08. The molecule has 0 saturated heterocycles. The van der Waals surface area contributed by atoms with Gasteiger partial charge in [0.05, 0.1) is 11.1 Å². The van der Waals surface area contributed by atoms with Crippen LogP contribution >= 0.6 is 0 Å². The molecule has 5 nitrogen and oxygen atoms in total. The number of carbonyl (C=O) groups is 2. The minimum Gasteiger partial charge on any atom is -0.508 e. The highest BCUT2D eigenvalue weighted by atomic mass is 16.5. The van der Waals surface area contributed by atoms with Gasteiger partial charge in [-0.05, 0) is 12.1 Å². The van der Waals surface area contributed by atoms with Crippen LogP contribution in [0.4, 0.5) is 0 Å². The van der Waals surface area contributed by atoms with Crippen molar-refractivity contribution in [1.29, 1.82) is 0 Å². The van der Waals surface area contributed by atoms with Crippen molar-refractivity contribution in [2.24, 2.45) is 0 Å². The smallest absolute Gasteiger partial charge is 0.344 e. The van der Waals surface area contributed by atoms with E-state index in [1.807, 2.05) is 0 Å². The predicted molar refractivity (Wildman–Crippen MR) is 65.9 cm³/mol. The summed E-state index contributed by atoms with van der Waals surface area (Å²) >= 11 is 0. The molecule has 0 fully saturated rings. The highest BCUT2D eigenvalue weighted by molar-refractivity contribution is 6.07. The molecule has 0 radical (unpaired) electrons. The molecule has 0 unspecified atom stereocenters. The van der Waals surface area contributed by atoms with Crippen molar-refractivity contribution in [2.45, 2.75) is 0 Å². The van der Waals surface area contributed by atoms with Crippen molar-refractivity contribution in [3.63, 3.8) is 0 Å². The van der Waals surface area contributed by atoms with Crippen LogP contribution in [0.15, 0.2) is 25.3 Å². The number of amides is 1. The number of hydrogen-bond acceptors (Lipinski definition) is 4. The molecule has 0 bridgehead atoms. The van der Waals surface area contributed by atoms with Gasteiger partial charge >= 0.3 is 5.97 Å². The van der Waals surface area contributed by atoms with E-state index in [2.05, 4.69) is 18.5 Å². The first kappa shape index (κ1) is 11.9. The van der Waals surface area contributed by atoms with Crippen LogP contribution in [0.1, 0.15) is 31.8 Å². The molecule has 1 heterocycles. The summed E-state index contributed by atoms with van der Waals surface area (Å²) in [6.45, 7) is 6.98. The van der Waals surface area contributed by atoms with E-state index in [-0.39, 0.29) is 28.2 Å². The lowest BCUT2D eigenvalue weighted by atomic mass is 9.97. The summed E-state index contributed by atoms with van der Waals surface area (Å²) in [4.78, 5) is 23.2. The minimum atomic E-state index is -0.560. The molecular weight excluding hydrogens is 234 g/mol. The second-order valence-corrected chi connectivity index (χ2v) is 3.78. The van der Waals surface area contributed by atoms with Crippen LogP contribution in [-0.4, -0.2) is 24.0 Å². The Balaban J connectivity index is 2.71. The van der Waals surface area contributed by atoms with Gasteiger partial charge in [-0.1, -0.05) is 13.2 Å². The van der Waals surface area contributed by atoms with E-state index in [0.717, 1.165) is 0 Å². The van der Waals surface area contributed by atoms with Crippen LogP contribution in [0.5, 0.6) is 0 Å². The second-order valence-electron chi connectivity index (χ2n) is 3.78. The largest absolute Gasteiger partial charge is 0.508 e. The summed E-state index contributed by atoms with van der Waals surface area (Å²) in [5, 5.41) is 11.9. The fourth-order valence-electron chi connectivity index (χ4n) is 1.78. The van der Waals surface area contributed by atoms with Crippen LogP contribution in [0, 0.1) is 0 Å². The van der Waals surface area contributed by atoms with Crippen LogP contribution < -0.4 is 5.32 Å². The lowest BCUT2D eigenvalue weighted by Crippen LogP contribution is -2.20. The zero-order chi connectivity index (χ0) is 13.4. The fraction of sp³-hybridized carbons (Fsp3) is 0.0769. The molecule has 1 aromatic rings. The third-order valence-corrected chi connectivity index (χ3v) is 2.68. The monoisotopic (exact) mass is 245 g/mol. The third kappa shape index (κ3) is 1.66. The van der Waals surface area contributed by atoms with Gasteiger partial charge in [0, 0.05) is 18.2 Å². The Hall–Kier alpha value is -2.56. The number of fused-ring (bicyclic) bond motifs is 1. The van der Waals surface area contributed by atoms with E-state index in [0.29, 0.717) is 5.56 Å². The molecule has 18 heavy (non-hydrogen) atoms. The highest BCUT2D eigenvalue weighted by Gasteiger charge is 2.28. The number of ether oxygens (including phenoxy) is 1. The molecule has 2 N–H and O–H groups in total. The van der Waals surface area contributed by atoms with Gasteiger partial charge in [-0.15, -0.1) is 0 Å². The number of hydrogen-bond donors (Lipinski definition) is 2. The maximum absolute atomic E-state index is 11.7. The number of benzene rings is 1. The van der Waals surface area contributed by atoms with Gasteiger partial charge in [0.1, 0.15) is 11.5 Å². The van der Waals surface area contributed by atoms with Crippen molar-refractivity contribution in [3.05, 3.63) is 47.5 Å². The van der Waals surface area contributed by atoms with Gasteiger partial charge in [-0.2, -0.15) is 0 Å². The molecule has 1 aromatic carbocycles. The first-order valence-corrected chi connectivity index (χ1v) is 5.15. The van der Waals surface area contributed by atoms with Gasteiger partial charge in [0.15, 0.2) is 0 Å². The molecular formula is C13H11NO4.